The fraction of sp³-hybridized carbons (Fsp3) is 0.579. The molecule has 3 heterocycles. The zero-order chi connectivity index (χ0) is 16.7. The highest BCUT2D eigenvalue weighted by Gasteiger charge is 2.39. The van der Waals surface area contributed by atoms with Gasteiger partial charge >= 0.3 is 0 Å². The highest BCUT2D eigenvalue weighted by molar-refractivity contribution is 5.84. The lowest BCUT2D eigenvalue weighted by atomic mass is 10.0. The minimum absolute atomic E-state index is 0.204. The van der Waals surface area contributed by atoms with Gasteiger partial charge in [-0.1, -0.05) is 12.1 Å². The van der Waals surface area contributed by atoms with Crippen molar-refractivity contribution in [1.29, 1.82) is 0 Å². The standard InChI is InChI=1S/C19H26N4O/c1-14(23-13-20-15-7-3-4-8-16(15)23)19(24)22-12-6-10-18(22)17-9-5-11-21(17)2/h3-4,7-8,13-14,17-18H,5-6,9-12H2,1-2H3/t14-,17-,18-/m1/s1. The summed E-state index contributed by atoms with van der Waals surface area (Å²) in [6.45, 7) is 4.06. The minimum Gasteiger partial charge on any atom is -0.336 e. The van der Waals surface area contributed by atoms with E-state index >= 15 is 0 Å². The average Bonchev–Trinajstić information content (AvgIpc) is 3.31. The molecule has 0 aliphatic carbocycles. The zero-order valence-electron chi connectivity index (χ0n) is 14.6. The lowest BCUT2D eigenvalue weighted by Crippen LogP contribution is -2.48. The zero-order valence-corrected chi connectivity index (χ0v) is 14.6. The van der Waals surface area contributed by atoms with Gasteiger partial charge in [-0.2, -0.15) is 0 Å². The van der Waals surface area contributed by atoms with Crippen LogP contribution in [0.1, 0.15) is 38.6 Å². The predicted octanol–water partition coefficient (Wildman–Crippen LogP) is 2.68. The summed E-state index contributed by atoms with van der Waals surface area (Å²) in [5.41, 5.74) is 1.98. The third-order valence-corrected chi connectivity index (χ3v) is 5.86. The van der Waals surface area contributed by atoms with Gasteiger partial charge in [0.25, 0.3) is 0 Å². The molecular weight excluding hydrogens is 300 g/mol. The van der Waals surface area contributed by atoms with Gasteiger partial charge in [0.1, 0.15) is 6.04 Å². The summed E-state index contributed by atoms with van der Waals surface area (Å²) in [4.78, 5) is 22.2. The van der Waals surface area contributed by atoms with Crippen LogP contribution in [0.25, 0.3) is 11.0 Å². The summed E-state index contributed by atoms with van der Waals surface area (Å²) in [5, 5.41) is 0. The van der Waals surface area contributed by atoms with Crippen molar-refractivity contribution < 1.29 is 4.79 Å². The Labute approximate surface area is 143 Å². The fourth-order valence-electron chi connectivity index (χ4n) is 4.53. The normalized spacial score (nSPS) is 26.3. The van der Waals surface area contributed by atoms with Gasteiger partial charge in [0, 0.05) is 18.6 Å². The van der Waals surface area contributed by atoms with Crippen LogP contribution in [0.5, 0.6) is 0 Å². The molecule has 0 bridgehead atoms. The molecule has 5 heteroatoms. The van der Waals surface area contributed by atoms with Gasteiger partial charge in [0.15, 0.2) is 0 Å². The number of carbonyl (C=O) groups is 1. The van der Waals surface area contributed by atoms with E-state index in [2.05, 4.69) is 21.8 Å². The van der Waals surface area contributed by atoms with Gasteiger partial charge < -0.3 is 14.4 Å². The highest BCUT2D eigenvalue weighted by atomic mass is 16.2. The van der Waals surface area contributed by atoms with E-state index in [-0.39, 0.29) is 11.9 Å². The van der Waals surface area contributed by atoms with Crippen molar-refractivity contribution in [3.05, 3.63) is 30.6 Å². The molecular formula is C19H26N4O. The summed E-state index contributed by atoms with van der Waals surface area (Å²) in [5.74, 6) is 0.237. The van der Waals surface area contributed by atoms with Crippen molar-refractivity contribution in [2.24, 2.45) is 0 Å². The van der Waals surface area contributed by atoms with E-state index in [4.69, 9.17) is 0 Å². The number of hydrogen-bond donors (Lipinski definition) is 0. The summed E-state index contributed by atoms with van der Waals surface area (Å²) < 4.78 is 2.02. The van der Waals surface area contributed by atoms with Crippen LogP contribution in [0, 0.1) is 0 Å². The number of para-hydroxylation sites is 2. The molecule has 1 aromatic heterocycles. The number of fused-ring (bicyclic) bond motifs is 1. The van der Waals surface area contributed by atoms with Crippen LogP contribution < -0.4 is 0 Å². The van der Waals surface area contributed by atoms with E-state index in [1.165, 1.54) is 12.8 Å². The number of hydrogen-bond acceptors (Lipinski definition) is 3. The number of likely N-dealkylation sites (tertiary alicyclic amines) is 2. The Hall–Kier alpha value is -1.88. The molecule has 4 rings (SSSR count). The Balaban J connectivity index is 1.58. The second-order valence-corrected chi connectivity index (χ2v) is 7.25. The molecule has 2 aliphatic heterocycles. The molecule has 1 amide bonds. The topological polar surface area (TPSA) is 41.4 Å². The first kappa shape index (κ1) is 15.6. The van der Waals surface area contributed by atoms with Crippen LogP contribution in [0.3, 0.4) is 0 Å². The van der Waals surface area contributed by atoms with Crippen molar-refractivity contribution in [3.8, 4) is 0 Å². The lowest BCUT2D eigenvalue weighted by Gasteiger charge is -2.34. The van der Waals surface area contributed by atoms with E-state index in [1.807, 2.05) is 35.8 Å². The molecule has 0 spiro atoms. The van der Waals surface area contributed by atoms with E-state index in [0.29, 0.717) is 12.1 Å². The number of amides is 1. The molecule has 1 aromatic carbocycles. The number of rotatable bonds is 3. The van der Waals surface area contributed by atoms with E-state index in [0.717, 1.165) is 37.0 Å². The van der Waals surface area contributed by atoms with E-state index in [9.17, 15) is 4.79 Å². The van der Waals surface area contributed by atoms with Gasteiger partial charge in [0.2, 0.25) is 5.91 Å². The Morgan fingerprint density at radius 1 is 1.17 bits per heavy atom. The monoisotopic (exact) mass is 326 g/mol. The molecule has 3 atom stereocenters. The molecule has 0 radical (unpaired) electrons. The molecule has 0 N–H and O–H groups in total. The average molecular weight is 326 g/mol. The number of benzene rings is 1. The number of imidazole rings is 1. The van der Waals surface area contributed by atoms with Crippen LogP contribution in [0.15, 0.2) is 30.6 Å². The van der Waals surface area contributed by atoms with Crippen LogP contribution in [0.2, 0.25) is 0 Å². The SMILES string of the molecule is C[C@H](C(=O)N1CCC[C@@H]1[C@H]1CCCN1C)n1cnc2ccccc21. The van der Waals surface area contributed by atoms with Gasteiger partial charge in [0.05, 0.1) is 17.4 Å². The van der Waals surface area contributed by atoms with E-state index < -0.39 is 0 Å². The highest BCUT2D eigenvalue weighted by Crippen LogP contribution is 2.31. The minimum atomic E-state index is -0.204. The van der Waals surface area contributed by atoms with Crippen molar-refractivity contribution >= 4 is 16.9 Å². The smallest absolute Gasteiger partial charge is 0.245 e. The second-order valence-electron chi connectivity index (χ2n) is 7.25. The van der Waals surface area contributed by atoms with Gasteiger partial charge in [-0.05, 0) is 58.3 Å². The fourth-order valence-corrected chi connectivity index (χ4v) is 4.53. The molecule has 2 aromatic rings. The number of carbonyl (C=O) groups excluding carboxylic acids is 1. The molecule has 0 unspecified atom stereocenters. The van der Waals surface area contributed by atoms with Crippen molar-refractivity contribution in [2.45, 2.75) is 50.7 Å². The Bertz CT molecular complexity index is 740. The maximum Gasteiger partial charge on any atom is 0.245 e. The van der Waals surface area contributed by atoms with Gasteiger partial charge in [-0.15, -0.1) is 0 Å². The van der Waals surface area contributed by atoms with Crippen molar-refractivity contribution in [3.63, 3.8) is 0 Å². The molecule has 2 aliphatic rings. The van der Waals surface area contributed by atoms with Crippen LogP contribution in [0.4, 0.5) is 0 Å². The molecule has 0 saturated carbocycles. The molecule has 5 nitrogen and oxygen atoms in total. The maximum atomic E-state index is 13.2. The molecule has 2 saturated heterocycles. The van der Waals surface area contributed by atoms with E-state index in [1.54, 1.807) is 6.33 Å². The predicted molar refractivity (Wildman–Crippen MR) is 94.8 cm³/mol. The summed E-state index contributed by atoms with van der Waals surface area (Å²) in [7, 11) is 2.20. The van der Waals surface area contributed by atoms with Crippen LogP contribution in [-0.4, -0.2) is 57.5 Å². The van der Waals surface area contributed by atoms with Crippen LogP contribution >= 0.6 is 0 Å². The number of aromatic nitrogens is 2. The van der Waals surface area contributed by atoms with Crippen molar-refractivity contribution in [2.75, 3.05) is 20.1 Å². The third-order valence-electron chi connectivity index (χ3n) is 5.86. The maximum absolute atomic E-state index is 13.2. The largest absolute Gasteiger partial charge is 0.336 e. The van der Waals surface area contributed by atoms with Crippen LogP contribution in [-0.2, 0) is 4.79 Å². The summed E-state index contributed by atoms with van der Waals surface area (Å²) >= 11 is 0. The lowest BCUT2D eigenvalue weighted by molar-refractivity contribution is -0.136. The number of nitrogens with zero attached hydrogens (tertiary/aromatic N) is 4. The quantitative estimate of drug-likeness (QED) is 0.871. The second kappa shape index (κ2) is 6.20. The summed E-state index contributed by atoms with van der Waals surface area (Å²) in [6, 6.07) is 8.73. The summed E-state index contributed by atoms with van der Waals surface area (Å²) in [6.07, 6.45) is 6.53. The number of likely N-dealkylation sites (N-methyl/N-ethyl adjacent to an activating group) is 1. The van der Waals surface area contributed by atoms with Gasteiger partial charge in [-0.3, -0.25) is 4.79 Å². The molecule has 128 valence electrons. The first-order chi connectivity index (χ1) is 11.7. The Morgan fingerprint density at radius 3 is 2.71 bits per heavy atom. The Morgan fingerprint density at radius 2 is 1.92 bits per heavy atom. The third kappa shape index (κ3) is 2.51. The molecule has 2 fully saturated rings. The van der Waals surface area contributed by atoms with Gasteiger partial charge in [-0.25, -0.2) is 4.98 Å². The Kier molecular flexibility index (Phi) is 4.04. The first-order valence-electron chi connectivity index (χ1n) is 9.09. The molecule has 24 heavy (non-hydrogen) atoms. The first-order valence-corrected chi connectivity index (χ1v) is 9.09. The van der Waals surface area contributed by atoms with Crippen molar-refractivity contribution in [1.82, 2.24) is 19.4 Å².